The summed E-state index contributed by atoms with van der Waals surface area (Å²) in [4.78, 5) is 12.0. The minimum absolute atomic E-state index is 0.250. The smallest absolute Gasteiger partial charge is 0.269 e. The Hall–Kier alpha value is -2.26. The Labute approximate surface area is 95.5 Å². The molecule has 2 rings (SSSR count). The first-order valence-electron chi connectivity index (χ1n) is 4.38. The predicted molar refractivity (Wildman–Crippen MR) is 59.0 cm³/mol. The maximum Gasteiger partial charge on any atom is 0.269 e. The lowest BCUT2D eigenvalue weighted by molar-refractivity contribution is 0.103. The van der Waals surface area contributed by atoms with Gasteiger partial charge in [-0.3, -0.25) is 4.79 Å². The molecule has 1 heterocycles. The number of benzene rings is 1. The summed E-state index contributed by atoms with van der Waals surface area (Å²) in [7, 11) is 0. The molecule has 16 heavy (non-hydrogen) atoms. The fraction of sp³-hybridized carbons (Fsp3) is 0. The van der Waals surface area contributed by atoms with Crippen molar-refractivity contribution in [2.45, 2.75) is 0 Å². The Balaban J connectivity index is 2.10. The van der Waals surface area contributed by atoms with Gasteiger partial charge in [-0.25, -0.2) is 0 Å². The van der Waals surface area contributed by atoms with Gasteiger partial charge in [-0.15, -0.1) is 5.10 Å². The number of hydrogen-bond donors (Lipinski definition) is 1. The monoisotopic (exact) mass is 230 g/mol. The standard InChI is InChI=1S/C10H6N4OS/c11-5-7-1-3-8(4-2-7)13-10(15)9-6-12-14-16-9/h1-4,6H,(H,13,15). The van der Waals surface area contributed by atoms with Crippen LogP contribution in [0.5, 0.6) is 0 Å². The lowest BCUT2D eigenvalue weighted by Gasteiger charge is -2.01. The van der Waals surface area contributed by atoms with Gasteiger partial charge >= 0.3 is 0 Å². The molecule has 0 aliphatic carbocycles. The van der Waals surface area contributed by atoms with Crippen LogP contribution in [0.2, 0.25) is 0 Å². The first kappa shape index (κ1) is 10.3. The fourth-order valence-electron chi connectivity index (χ4n) is 1.09. The third-order valence-corrected chi connectivity index (χ3v) is 2.52. The Bertz CT molecular complexity index is 527. The van der Waals surface area contributed by atoms with E-state index in [1.807, 2.05) is 6.07 Å². The van der Waals surface area contributed by atoms with Crippen LogP contribution >= 0.6 is 11.5 Å². The summed E-state index contributed by atoms with van der Waals surface area (Å²) in [6.07, 6.45) is 1.41. The second-order valence-corrected chi connectivity index (χ2v) is 3.71. The second kappa shape index (κ2) is 4.51. The molecule has 1 aromatic heterocycles. The number of anilines is 1. The molecule has 0 spiro atoms. The van der Waals surface area contributed by atoms with Crippen molar-refractivity contribution in [2.75, 3.05) is 5.32 Å². The van der Waals surface area contributed by atoms with Crippen LogP contribution in [-0.4, -0.2) is 15.5 Å². The zero-order valence-corrected chi connectivity index (χ0v) is 8.86. The topological polar surface area (TPSA) is 78.7 Å². The highest BCUT2D eigenvalue weighted by atomic mass is 32.1. The van der Waals surface area contributed by atoms with E-state index in [2.05, 4.69) is 14.9 Å². The minimum Gasteiger partial charge on any atom is -0.321 e. The first-order valence-corrected chi connectivity index (χ1v) is 5.16. The van der Waals surface area contributed by atoms with Crippen molar-refractivity contribution in [3.63, 3.8) is 0 Å². The molecule has 0 saturated carbocycles. The van der Waals surface area contributed by atoms with Gasteiger partial charge in [-0.2, -0.15) is 5.26 Å². The maximum atomic E-state index is 11.6. The molecule has 0 atom stereocenters. The van der Waals surface area contributed by atoms with Crippen LogP contribution in [-0.2, 0) is 0 Å². The molecular formula is C10H6N4OS. The van der Waals surface area contributed by atoms with Gasteiger partial charge in [-0.1, -0.05) is 4.49 Å². The van der Waals surface area contributed by atoms with Crippen molar-refractivity contribution in [2.24, 2.45) is 0 Å². The van der Waals surface area contributed by atoms with E-state index >= 15 is 0 Å². The number of carbonyl (C=O) groups excluding carboxylic acids is 1. The van der Waals surface area contributed by atoms with Crippen LogP contribution in [0, 0.1) is 11.3 Å². The van der Waals surface area contributed by atoms with Gasteiger partial charge in [0.2, 0.25) is 0 Å². The Morgan fingerprint density at radius 3 is 2.69 bits per heavy atom. The fourth-order valence-corrected chi connectivity index (χ4v) is 1.50. The minimum atomic E-state index is -0.250. The average Bonchev–Trinajstić information content (AvgIpc) is 2.83. The third-order valence-electron chi connectivity index (χ3n) is 1.86. The number of aromatic nitrogens is 2. The van der Waals surface area contributed by atoms with Gasteiger partial charge < -0.3 is 5.32 Å². The van der Waals surface area contributed by atoms with Crippen molar-refractivity contribution >= 4 is 23.1 Å². The number of nitrogens with zero attached hydrogens (tertiary/aromatic N) is 3. The van der Waals surface area contributed by atoms with Crippen molar-refractivity contribution in [3.8, 4) is 6.07 Å². The molecule has 0 saturated heterocycles. The Kier molecular flexibility index (Phi) is 2.89. The van der Waals surface area contributed by atoms with Crippen molar-refractivity contribution in [1.29, 1.82) is 5.26 Å². The molecule has 1 aromatic carbocycles. The van der Waals surface area contributed by atoms with Gasteiger partial charge in [0, 0.05) is 5.69 Å². The molecule has 0 fully saturated rings. The number of nitrogens with one attached hydrogen (secondary N) is 1. The number of rotatable bonds is 2. The Morgan fingerprint density at radius 1 is 1.38 bits per heavy atom. The van der Waals surface area contributed by atoms with Crippen molar-refractivity contribution in [1.82, 2.24) is 9.59 Å². The van der Waals surface area contributed by atoms with Crippen LogP contribution in [0.3, 0.4) is 0 Å². The van der Waals surface area contributed by atoms with E-state index in [1.165, 1.54) is 6.20 Å². The normalized spacial score (nSPS) is 9.44. The highest BCUT2D eigenvalue weighted by Crippen LogP contribution is 2.11. The summed E-state index contributed by atoms with van der Waals surface area (Å²) in [5, 5.41) is 14.9. The van der Waals surface area contributed by atoms with E-state index in [4.69, 9.17) is 5.26 Å². The molecule has 0 bridgehead atoms. The van der Waals surface area contributed by atoms with Crippen LogP contribution < -0.4 is 5.32 Å². The maximum absolute atomic E-state index is 11.6. The van der Waals surface area contributed by atoms with Crippen LogP contribution in [0.15, 0.2) is 30.5 Å². The number of nitriles is 1. The third kappa shape index (κ3) is 2.21. The summed E-state index contributed by atoms with van der Waals surface area (Å²) in [6, 6.07) is 8.63. The average molecular weight is 230 g/mol. The van der Waals surface area contributed by atoms with E-state index in [9.17, 15) is 4.79 Å². The summed E-state index contributed by atoms with van der Waals surface area (Å²) in [5.41, 5.74) is 1.19. The molecular weight excluding hydrogens is 224 g/mol. The molecule has 1 amide bonds. The van der Waals surface area contributed by atoms with E-state index < -0.39 is 0 Å². The lowest BCUT2D eigenvalue weighted by Crippen LogP contribution is -2.09. The SMILES string of the molecule is N#Cc1ccc(NC(=O)c2cnns2)cc1. The van der Waals surface area contributed by atoms with Gasteiger partial charge in [0.1, 0.15) is 4.88 Å². The van der Waals surface area contributed by atoms with Gasteiger partial charge in [-0.05, 0) is 35.8 Å². The number of hydrogen-bond acceptors (Lipinski definition) is 5. The van der Waals surface area contributed by atoms with Crippen LogP contribution in [0.1, 0.15) is 15.2 Å². The molecule has 78 valence electrons. The highest BCUT2D eigenvalue weighted by molar-refractivity contribution is 7.07. The van der Waals surface area contributed by atoms with Gasteiger partial charge in [0.15, 0.2) is 0 Å². The summed E-state index contributed by atoms with van der Waals surface area (Å²) in [6.45, 7) is 0. The quantitative estimate of drug-likeness (QED) is 0.850. The number of amides is 1. The molecule has 0 radical (unpaired) electrons. The van der Waals surface area contributed by atoms with Crippen LogP contribution in [0.25, 0.3) is 0 Å². The second-order valence-electron chi connectivity index (χ2n) is 2.93. The van der Waals surface area contributed by atoms with Crippen LogP contribution in [0.4, 0.5) is 5.69 Å². The van der Waals surface area contributed by atoms with Gasteiger partial charge in [0.05, 0.1) is 17.8 Å². The molecule has 6 heteroatoms. The van der Waals surface area contributed by atoms with Crippen molar-refractivity contribution in [3.05, 3.63) is 40.9 Å². The van der Waals surface area contributed by atoms with E-state index in [0.29, 0.717) is 16.1 Å². The molecule has 0 aliphatic rings. The zero-order valence-electron chi connectivity index (χ0n) is 8.04. The summed E-state index contributed by atoms with van der Waals surface area (Å²) < 4.78 is 3.60. The lowest BCUT2D eigenvalue weighted by atomic mass is 10.2. The molecule has 0 aliphatic heterocycles. The first-order chi connectivity index (χ1) is 7.79. The molecule has 1 N–H and O–H groups in total. The van der Waals surface area contributed by atoms with Crippen molar-refractivity contribution < 1.29 is 4.79 Å². The summed E-state index contributed by atoms with van der Waals surface area (Å²) in [5.74, 6) is -0.250. The van der Waals surface area contributed by atoms with E-state index in [1.54, 1.807) is 24.3 Å². The van der Waals surface area contributed by atoms with E-state index in [0.717, 1.165) is 11.5 Å². The Morgan fingerprint density at radius 2 is 2.12 bits per heavy atom. The number of carbonyl (C=O) groups is 1. The predicted octanol–water partition coefficient (Wildman–Crippen LogP) is 1.66. The van der Waals surface area contributed by atoms with E-state index in [-0.39, 0.29) is 5.91 Å². The highest BCUT2D eigenvalue weighted by Gasteiger charge is 2.08. The largest absolute Gasteiger partial charge is 0.321 e. The molecule has 5 nitrogen and oxygen atoms in total. The molecule has 2 aromatic rings. The zero-order chi connectivity index (χ0) is 11.4. The summed E-state index contributed by atoms with van der Waals surface area (Å²) >= 11 is 1.03. The van der Waals surface area contributed by atoms with Gasteiger partial charge in [0.25, 0.3) is 5.91 Å². The molecule has 0 unspecified atom stereocenters.